The Morgan fingerprint density at radius 1 is 1.24 bits per heavy atom. The summed E-state index contributed by atoms with van der Waals surface area (Å²) in [5.41, 5.74) is -2.24. The number of aliphatic hydroxyl groups is 1. The third-order valence-corrected chi connectivity index (χ3v) is 9.62. The van der Waals surface area contributed by atoms with E-state index in [4.69, 9.17) is 14.2 Å². The number of nitrogens with zero attached hydrogens (tertiary/aromatic N) is 2. The van der Waals surface area contributed by atoms with Crippen molar-refractivity contribution < 1.29 is 37.3 Å². The van der Waals surface area contributed by atoms with E-state index in [2.05, 4.69) is 9.62 Å². The third-order valence-electron chi connectivity index (χ3n) is 9.03. The van der Waals surface area contributed by atoms with Gasteiger partial charge in [-0.15, -0.1) is 0 Å². The molecule has 5 rings (SSSR count). The summed E-state index contributed by atoms with van der Waals surface area (Å²) in [6, 6.07) is 2.36. The van der Waals surface area contributed by atoms with E-state index in [0.29, 0.717) is 37.4 Å². The Kier molecular flexibility index (Phi) is 6.05. The van der Waals surface area contributed by atoms with Gasteiger partial charge in [-0.3, -0.25) is 14.4 Å². The number of fused-ring (bicyclic) bond motifs is 1. The van der Waals surface area contributed by atoms with Crippen LogP contribution >= 0.6 is 0 Å². The molecule has 3 heterocycles. The summed E-state index contributed by atoms with van der Waals surface area (Å²) in [6.45, 7) is 4.56. The van der Waals surface area contributed by atoms with E-state index in [0.717, 1.165) is 11.8 Å². The predicted octanol–water partition coefficient (Wildman–Crippen LogP) is 1.01. The lowest BCUT2D eigenvalue weighted by Gasteiger charge is -2.63. The van der Waals surface area contributed by atoms with Gasteiger partial charge in [0.2, 0.25) is 15.6 Å². The summed E-state index contributed by atoms with van der Waals surface area (Å²) in [5.74, 6) is -1.20. The van der Waals surface area contributed by atoms with Gasteiger partial charge >= 0.3 is 11.9 Å². The highest BCUT2D eigenvalue weighted by molar-refractivity contribution is 7.92. The van der Waals surface area contributed by atoms with Crippen LogP contribution in [0.2, 0.25) is 0 Å². The number of benzene rings is 1. The highest BCUT2D eigenvalue weighted by atomic mass is 32.2. The number of hydrogen-bond acceptors (Lipinski definition) is 10. The van der Waals surface area contributed by atoms with Crippen LogP contribution in [-0.4, -0.2) is 94.8 Å². The minimum atomic E-state index is -3.63. The largest absolute Gasteiger partial charge is 0.494 e. The van der Waals surface area contributed by atoms with E-state index in [1.807, 2.05) is 24.0 Å². The number of nitrogens with one attached hydrogen (secondary N) is 1. The van der Waals surface area contributed by atoms with Crippen LogP contribution in [-0.2, 0) is 34.5 Å². The van der Waals surface area contributed by atoms with E-state index in [1.165, 1.54) is 21.1 Å². The van der Waals surface area contributed by atoms with Gasteiger partial charge in [0, 0.05) is 49.1 Å². The minimum absolute atomic E-state index is 0.257. The SMILES string of the molecule is CC[C@]12C=CCN3CCC4(c5cc(NS(C)(=O)=O)c(OC)cc5N(C)[C@H]4[C@@](O)(C(=O)OC)[C@@H]1OC(C)=O)[C@@H]32. The van der Waals surface area contributed by atoms with E-state index in [9.17, 15) is 23.1 Å². The van der Waals surface area contributed by atoms with Crippen LogP contribution in [0.5, 0.6) is 5.75 Å². The molecule has 1 unspecified atom stereocenters. The van der Waals surface area contributed by atoms with Gasteiger partial charge in [0.05, 0.1) is 32.2 Å². The zero-order chi connectivity index (χ0) is 27.8. The molecule has 0 radical (unpaired) electrons. The van der Waals surface area contributed by atoms with Gasteiger partial charge in [0.1, 0.15) is 5.75 Å². The van der Waals surface area contributed by atoms with Crippen LogP contribution in [0.4, 0.5) is 11.4 Å². The topological polar surface area (TPSA) is 135 Å². The number of rotatable bonds is 6. The molecule has 1 saturated carbocycles. The molecule has 0 amide bonds. The molecule has 6 atom stereocenters. The lowest BCUT2D eigenvalue weighted by molar-refractivity contribution is -0.228. The van der Waals surface area contributed by atoms with Crippen LogP contribution in [0.1, 0.15) is 32.3 Å². The Bertz CT molecular complexity index is 1330. The average Bonchev–Trinajstić information content (AvgIpc) is 3.36. The summed E-state index contributed by atoms with van der Waals surface area (Å²) in [4.78, 5) is 30.2. The van der Waals surface area contributed by atoms with E-state index in [-0.39, 0.29) is 11.7 Å². The molecule has 208 valence electrons. The Labute approximate surface area is 222 Å². The number of hydrogen-bond donors (Lipinski definition) is 2. The summed E-state index contributed by atoms with van der Waals surface area (Å²) < 4.78 is 43.7. The van der Waals surface area contributed by atoms with Gasteiger partial charge in [-0.1, -0.05) is 19.1 Å². The van der Waals surface area contributed by atoms with Crippen molar-refractivity contribution in [3.63, 3.8) is 0 Å². The minimum Gasteiger partial charge on any atom is -0.494 e. The van der Waals surface area contributed by atoms with Crippen molar-refractivity contribution in [1.82, 2.24) is 4.90 Å². The maximum Gasteiger partial charge on any atom is 0.344 e. The first-order valence-electron chi connectivity index (χ1n) is 12.6. The molecule has 2 fully saturated rings. The van der Waals surface area contributed by atoms with Crippen molar-refractivity contribution in [2.24, 2.45) is 5.41 Å². The van der Waals surface area contributed by atoms with Crippen LogP contribution < -0.4 is 14.4 Å². The van der Waals surface area contributed by atoms with Crippen LogP contribution in [0.3, 0.4) is 0 Å². The molecule has 3 aliphatic heterocycles. The predicted molar refractivity (Wildman–Crippen MR) is 140 cm³/mol. The fourth-order valence-corrected chi connectivity index (χ4v) is 8.59. The highest BCUT2D eigenvalue weighted by Crippen LogP contribution is 2.67. The quantitative estimate of drug-likeness (QED) is 0.391. The second kappa shape index (κ2) is 8.59. The molecule has 11 nitrogen and oxygen atoms in total. The smallest absolute Gasteiger partial charge is 0.344 e. The molecule has 0 bridgehead atoms. The summed E-state index contributed by atoms with van der Waals surface area (Å²) in [5, 5.41) is 12.6. The Hall–Kier alpha value is -2.83. The molecule has 4 aliphatic rings. The van der Waals surface area contributed by atoms with Crippen molar-refractivity contribution in [2.75, 3.05) is 50.2 Å². The lowest BCUT2D eigenvalue weighted by Crippen LogP contribution is -2.81. The first-order valence-corrected chi connectivity index (χ1v) is 14.5. The number of sulfonamides is 1. The molecule has 0 aromatic heterocycles. The molecule has 1 aromatic rings. The number of ether oxygens (including phenoxy) is 3. The molecule has 1 aromatic carbocycles. The average molecular weight is 550 g/mol. The number of methoxy groups -OCH3 is 2. The van der Waals surface area contributed by atoms with Gasteiger partial charge < -0.3 is 24.2 Å². The Morgan fingerprint density at radius 2 is 1.95 bits per heavy atom. The van der Waals surface area contributed by atoms with Crippen molar-refractivity contribution in [1.29, 1.82) is 0 Å². The first-order chi connectivity index (χ1) is 17.8. The summed E-state index contributed by atoms with van der Waals surface area (Å²) in [7, 11) is 0.798. The van der Waals surface area contributed by atoms with Crippen molar-refractivity contribution in [3.8, 4) is 5.75 Å². The maximum absolute atomic E-state index is 13.7. The van der Waals surface area contributed by atoms with E-state index < -0.39 is 50.5 Å². The lowest BCUT2D eigenvalue weighted by atomic mass is 9.47. The van der Waals surface area contributed by atoms with Gasteiger partial charge in [0.15, 0.2) is 6.10 Å². The molecular formula is C26H35N3O8S. The van der Waals surface area contributed by atoms with Gasteiger partial charge in [0.25, 0.3) is 0 Å². The standard InChI is InChI=1S/C26H35N3O8S/c1-7-24-9-8-11-29-12-10-25(20(24)29)16-13-17(27-38(6,33)34)19(35-4)14-18(16)28(3)21(25)26(32,23(31)36-5)22(24)37-15(2)30/h8-9,13-14,20-22,27,32H,7,10-12H2,1-6H3/t20-,21+,22+,24+,25?,26-/m0/s1. The van der Waals surface area contributed by atoms with E-state index in [1.54, 1.807) is 19.2 Å². The van der Waals surface area contributed by atoms with Crippen LogP contribution in [0, 0.1) is 5.41 Å². The summed E-state index contributed by atoms with van der Waals surface area (Å²) >= 11 is 0. The first kappa shape index (κ1) is 26.8. The fraction of sp³-hybridized carbons (Fsp3) is 0.615. The second-order valence-corrected chi connectivity index (χ2v) is 12.6. The van der Waals surface area contributed by atoms with E-state index >= 15 is 0 Å². The highest BCUT2D eigenvalue weighted by Gasteiger charge is 2.80. The molecule has 2 N–H and O–H groups in total. The zero-order valence-corrected chi connectivity index (χ0v) is 23.3. The van der Waals surface area contributed by atoms with Crippen molar-refractivity contribution in [2.45, 2.75) is 55.9 Å². The summed E-state index contributed by atoms with van der Waals surface area (Å²) in [6.07, 6.45) is 4.88. The second-order valence-electron chi connectivity index (χ2n) is 10.8. The van der Waals surface area contributed by atoms with Crippen LogP contribution in [0.25, 0.3) is 0 Å². The van der Waals surface area contributed by atoms with Gasteiger partial charge in [-0.05, 0) is 31.0 Å². The molecule has 1 saturated heterocycles. The molecule has 12 heteroatoms. The number of anilines is 2. The monoisotopic (exact) mass is 549 g/mol. The fourth-order valence-electron chi connectivity index (χ4n) is 8.03. The molecule has 1 spiro atoms. The zero-order valence-electron chi connectivity index (χ0n) is 22.5. The number of carbonyl (C=O) groups is 2. The number of likely N-dealkylation sites (N-methyl/N-ethyl adjacent to an activating group) is 1. The number of esters is 2. The Balaban J connectivity index is 1.87. The van der Waals surface area contributed by atoms with Crippen molar-refractivity contribution >= 4 is 33.3 Å². The normalized spacial score (nSPS) is 35.2. The van der Waals surface area contributed by atoms with Gasteiger partial charge in [-0.25, -0.2) is 13.2 Å². The maximum atomic E-state index is 13.7. The number of carbonyl (C=O) groups excluding carboxylic acids is 2. The Morgan fingerprint density at radius 3 is 2.53 bits per heavy atom. The third kappa shape index (κ3) is 3.29. The van der Waals surface area contributed by atoms with Gasteiger partial charge in [-0.2, -0.15) is 0 Å². The van der Waals surface area contributed by atoms with Crippen molar-refractivity contribution in [3.05, 3.63) is 29.8 Å². The molecule has 1 aliphatic carbocycles. The molecule has 38 heavy (non-hydrogen) atoms. The molecular weight excluding hydrogens is 514 g/mol. The van der Waals surface area contributed by atoms with Crippen LogP contribution in [0.15, 0.2) is 24.3 Å².